The highest BCUT2D eigenvalue weighted by molar-refractivity contribution is 5.92. The van der Waals surface area contributed by atoms with Crippen LogP contribution in [0.4, 0.5) is 5.82 Å². The molecule has 7 nitrogen and oxygen atoms in total. The SMILES string of the molecule is Cc1nc(NCCc2c[nH]c3ccccc23)cc(C(=O)NCc2cccnc2)n1. The van der Waals surface area contributed by atoms with Crippen molar-refractivity contribution in [2.45, 2.75) is 19.9 Å². The van der Waals surface area contributed by atoms with Crippen molar-refractivity contribution < 1.29 is 4.79 Å². The number of hydrogen-bond acceptors (Lipinski definition) is 5. The van der Waals surface area contributed by atoms with Crippen LogP contribution in [0.2, 0.25) is 0 Å². The fourth-order valence-corrected chi connectivity index (χ4v) is 3.21. The molecule has 29 heavy (non-hydrogen) atoms. The quantitative estimate of drug-likeness (QED) is 0.453. The average molecular weight is 386 g/mol. The first-order valence-corrected chi connectivity index (χ1v) is 9.51. The van der Waals surface area contributed by atoms with Crippen LogP contribution in [0.15, 0.2) is 61.1 Å². The van der Waals surface area contributed by atoms with Crippen molar-refractivity contribution in [1.82, 2.24) is 25.3 Å². The Labute approximate surface area is 168 Å². The van der Waals surface area contributed by atoms with Gasteiger partial charge in [0, 0.05) is 48.6 Å². The lowest BCUT2D eigenvalue weighted by Crippen LogP contribution is -2.24. The van der Waals surface area contributed by atoms with Gasteiger partial charge in [-0.15, -0.1) is 0 Å². The van der Waals surface area contributed by atoms with Crippen LogP contribution < -0.4 is 10.6 Å². The van der Waals surface area contributed by atoms with Gasteiger partial charge in [0.2, 0.25) is 0 Å². The molecule has 0 radical (unpaired) electrons. The van der Waals surface area contributed by atoms with Crippen molar-refractivity contribution in [3.05, 3.63) is 83.7 Å². The summed E-state index contributed by atoms with van der Waals surface area (Å²) in [6.07, 6.45) is 6.31. The second-order valence-electron chi connectivity index (χ2n) is 6.77. The van der Waals surface area contributed by atoms with Gasteiger partial charge in [-0.2, -0.15) is 0 Å². The maximum Gasteiger partial charge on any atom is 0.270 e. The van der Waals surface area contributed by atoms with Crippen LogP contribution in [0, 0.1) is 6.92 Å². The fraction of sp³-hybridized carbons (Fsp3) is 0.182. The number of aromatic nitrogens is 4. The van der Waals surface area contributed by atoms with E-state index in [2.05, 4.69) is 42.7 Å². The molecule has 0 aliphatic rings. The number of hydrogen-bond donors (Lipinski definition) is 3. The second kappa shape index (κ2) is 8.52. The number of nitrogens with one attached hydrogen (secondary N) is 3. The van der Waals surface area contributed by atoms with E-state index in [1.54, 1.807) is 25.4 Å². The molecule has 0 unspecified atom stereocenters. The highest BCUT2D eigenvalue weighted by Gasteiger charge is 2.11. The summed E-state index contributed by atoms with van der Waals surface area (Å²) >= 11 is 0. The van der Waals surface area contributed by atoms with Crippen molar-refractivity contribution in [2.24, 2.45) is 0 Å². The molecule has 1 amide bonds. The Bertz CT molecular complexity index is 1120. The van der Waals surface area contributed by atoms with Crippen LogP contribution in [-0.2, 0) is 13.0 Å². The lowest BCUT2D eigenvalue weighted by atomic mass is 10.1. The number of para-hydroxylation sites is 1. The number of fused-ring (bicyclic) bond motifs is 1. The zero-order valence-corrected chi connectivity index (χ0v) is 16.1. The monoisotopic (exact) mass is 386 g/mol. The molecule has 146 valence electrons. The van der Waals surface area contributed by atoms with Gasteiger partial charge >= 0.3 is 0 Å². The molecule has 7 heteroatoms. The van der Waals surface area contributed by atoms with E-state index in [4.69, 9.17) is 0 Å². The summed E-state index contributed by atoms with van der Waals surface area (Å²) in [6, 6.07) is 13.7. The van der Waals surface area contributed by atoms with Crippen LogP contribution in [0.25, 0.3) is 10.9 Å². The van der Waals surface area contributed by atoms with E-state index in [1.165, 1.54) is 10.9 Å². The molecule has 3 aromatic heterocycles. The van der Waals surface area contributed by atoms with Crippen LogP contribution in [0.3, 0.4) is 0 Å². The van der Waals surface area contributed by atoms with E-state index in [-0.39, 0.29) is 5.91 Å². The second-order valence-corrected chi connectivity index (χ2v) is 6.77. The average Bonchev–Trinajstić information content (AvgIpc) is 3.15. The van der Waals surface area contributed by atoms with E-state index in [0.29, 0.717) is 30.4 Å². The number of aromatic amines is 1. The molecule has 0 aliphatic carbocycles. The standard InChI is InChI=1S/C22H22N6O/c1-15-27-20(22(29)26-13-16-5-4-9-23-12-16)11-21(28-15)24-10-8-17-14-25-19-7-3-2-6-18(17)19/h2-7,9,11-12,14,25H,8,10,13H2,1H3,(H,26,29)(H,24,27,28). The van der Waals surface area contributed by atoms with Crippen molar-refractivity contribution in [2.75, 3.05) is 11.9 Å². The summed E-state index contributed by atoms with van der Waals surface area (Å²) in [5.74, 6) is 0.955. The predicted octanol–water partition coefficient (Wildman–Crippen LogP) is 3.25. The Kier molecular flexibility index (Phi) is 5.47. The van der Waals surface area contributed by atoms with Crippen LogP contribution in [0.1, 0.15) is 27.4 Å². The number of nitrogens with zero attached hydrogens (tertiary/aromatic N) is 3. The molecule has 4 aromatic rings. The minimum atomic E-state index is -0.237. The van der Waals surface area contributed by atoms with Gasteiger partial charge < -0.3 is 15.6 Å². The minimum Gasteiger partial charge on any atom is -0.370 e. The van der Waals surface area contributed by atoms with Crippen molar-refractivity contribution in [1.29, 1.82) is 0 Å². The lowest BCUT2D eigenvalue weighted by molar-refractivity contribution is 0.0945. The Morgan fingerprint density at radius 3 is 2.90 bits per heavy atom. The number of H-pyrrole nitrogens is 1. The van der Waals surface area contributed by atoms with Crippen LogP contribution >= 0.6 is 0 Å². The van der Waals surface area contributed by atoms with E-state index in [0.717, 1.165) is 17.5 Å². The molecular weight excluding hydrogens is 364 g/mol. The van der Waals surface area contributed by atoms with Crippen molar-refractivity contribution in [3.63, 3.8) is 0 Å². The Balaban J connectivity index is 1.38. The van der Waals surface area contributed by atoms with Crippen molar-refractivity contribution >= 4 is 22.6 Å². The van der Waals surface area contributed by atoms with Gasteiger partial charge in [-0.05, 0) is 36.6 Å². The van der Waals surface area contributed by atoms with E-state index < -0.39 is 0 Å². The van der Waals surface area contributed by atoms with E-state index in [1.807, 2.05) is 30.5 Å². The number of aryl methyl sites for hydroxylation is 1. The topological polar surface area (TPSA) is 95.6 Å². The molecule has 4 rings (SSSR count). The highest BCUT2D eigenvalue weighted by Crippen LogP contribution is 2.18. The maximum atomic E-state index is 12.5. The van der Waals surface area contributed by atoms with E-state index in [9.17, 15) is 4.79 Å². The number of carbonyl (C=O) groups excluding carboxylic acids is 1. The summed E-state index contributed by atoms with van der Waals surface area (Å²) in [6.45, 7) is 2.89. The van der Waals surface area contributed by atoms with Gasteiger partial charge in [0.25, 0.3) is 5.91 Å². The third-order valence-electron chi connectivity index (χ3n) is 4.62. The van der Waals surface area contributed by atoms with Gasteiger partial charge in [-0.3, -0.25) is 9.78 Å². The van der Waals surface area contributed by atoms with Crippen molar-refractivity contribution in [3.8, 4) is 0 Å². The summed E-state index contributed by atoms with van der Waals surface area (Å²) in [4.78, 5) is 28.5. The lowest BCUT2D eigenvalue weighted by Gasteiger charge is -2.09. The predicted molar refractivity (Wildman–Crippen MR) is 113 cm³/mol. The zero-order valence-electron chi connectivity index (χ0n) is 16.1. The minimum absolute atomic E-state index is 0.237. The zero-order chi connectivity index (χ0) is 20.1. The molecule has 0 fully saturated rings. The van der Waals surface area contributed by atoms with Gasteiger partial charge in [-0.25, -0.2) is 9.97 Å². The molecule has 0 atom stereocenters. The molecule has 1 aromatic carbocycles. The van der Waals surface area contributed by atoms with Gasteiger partial charge in [-0.1, -0.05) is 24.3 Å². The summed E-state index contributed by atoms with van der Waals surface area (Å²) < 4.78 is 0. The molecule has 0 saturated heterocycles. The highest BCUT2D eigenvalue weighted by atomic mass is 16.1. The third-order valence-corrected chi connectivity index (χ3v) is 4.62. The first-order chi connectivity index (χ1) is 14.2. The number of anilines is 1. The number of pyridine rings is 1. The third kappa shape index (κ3) is 4.57. The molecule has 0 bridgehead atoms. The van der Waals surface area contributed by atoms with Gasteiger partial charge in [0.1, 0.15) is 17.3 Å². The number of benzene rings is 1. The molecule has 3 heterocycles. The largest absolute Gasteiger partial charge is 0.370 e. The molecular formula is C22H22N6O. The fourth-order valence-electron chi connectivity index (χ4n) is 3.21. The number of amides is 1. The number of carbonyl (C=O) groups is 1. The summed E-state index contributed by atoms with van der Waals surface area (Å²) in [5, 5.41) is 7.40. The Morgan fingerprint density at radius 1 is 1.14 bits per heavy atom. The van der Waals surface area contributed by atoms with Gasteiger partial charge in [0.05, 0.1) is 0 Å². The first-order valence-electron chi connectivity index (χ1n) is 9.51. The van der Waals surface area contributed by atoms with Gasteiger partial charge in [0.15, 0.2) is 0 Å². The smallest absolute Gasteiger partial charge is 0.270 e. The first kappa shape index (κ1) is 18.6. The Hall–Kier alpha value is -3.74. The molecule has 0 spiro atoms. The van der Waals surface area contributed by atoms with Crippen LogP contribution in [0.5, 0.6) is 0 Å². The van der Waals surface area contributed by atoms with E-state index >= 15 is 0 Å². The molecule has 0 aliphatic heterocycles. The molecule has 3 N–H and O–H groups in total. The number of rotatable bonds is 7. The normalized spacial score (nSPS) is 10.8. The summed E-state index contributed by atoms with van der Waals surface area (Å²) in [5.41, 5.74) is 3.65. The molecule has 0 saturated carbocycles. The maximum absolute atomic E-state index is 12.5. The summed E-state index contributed by atoms with van der Waals surface area (Å²) in [7, 11) is 0. The van der Waals surface area contributed by atoms with Crippen LogP contribution in [-0.4, -0.2) is 32.4 Å². The Morgan fingerprint density at radius 2 is 2.03 bits per heavy atom.